The van der Waals surface area contributed by atoms with Crippen molar-refractivity contribution in [2.24, 2.45) is 0 Å². The first-order chi connectivity index (χ1) is 8.59. The fourth-order valence-corrected chi connectivity index (χ4v) is 1.68. The van der Waals surface area contributed by atoms with E-state index >= 15 is 0 Å². The van der Waals surface area contributed by atoms with Crippen LogP contribution in [0.2, 0.25) is 0 Å². The molecule has 1 atom stereocenters. The van der Waals surface area contributed by atoms with Gasteiger partial charge >= 0.3 is 0 Å². The third-order valence-corrected chi connectivity index (χ3v) is 2.63. The summed E-state index contributed by atoms with van der Waals surface area (Å²) in [7, 11) is 4.60. The molecular formula is C13H18N2O3. The molecular weight excluding hydrogens is 232 g/mol. The number of nitriles is 1. The highest BCUT2D eigenvalue weighted by molar-refractivity contribution is 5.50. The van der Waals surface area contributed by atoms with Gasteiger partial charge in [0.05, 0.1) is 13.2 Å². The summed E-state index contributed by atoms with van der Waals surface area (Å²) in [6, 6.07) is 9.45. The number of hydrogen-bond acceptors (Lipinski definition) is 5. The van der Waals surface area contributed by atoms with Crippen LogP contribution in [0.5, 0.6) is 5.75 Å². The van der Waals surface area contributed by atoms with E-state index in [1.807, 2.05) is 24.3 Å². The van der Waals surface area contributed by atoms with Gasteiger partial charge in [-0.25, -0.2) is 0 Å². The predicted octanol–water partition coefficient (Wildman–Crippen LogP) is 2.01. The van der Waals surface area contributed by atoms with E-state index in [1.165, 1.54) is 14.2 Å². The lowest BCUT2D eigenvalue weighted by Gasteiger charge is -2.31. The Labute approximate surface area is 107 Å². The zero-order chi connectivity index (χ0) is 13.6. The van der Waals surface area contributed by atoms with Crippen LogP contribution in [0.1, 0.15) is 6.92 Å². The highest BCUT2D eigenvalue weighted by atomic mass is 16.7. The van der Waals surface area contributed by atoms with E-state index in [2.05, 4.69) is 11.4 Å². The molecule has 0 saturated carbocycles. The second-order valence-corrected chi connectivity index (χ2v) is 3.97. The van der Waals surface area contributed by atoms with E-state index in [9.17, 15) is 5.26 Å². The third kappa shape index (κ3) is 3.13. The molecule has 0 radical (unpaired) electrons. The first kappa shape index (κ1) is 14.3. The quantitative estimate of drug-likeness (QED) is 0.782. The molecule has 0 spiro atoms. The van der Waals surface area contributed by atoms with Gasteiger partial charge in [0.25, 0.3) is 0 Å². The van der Waals surface area contributed by atoms with E-state index in [0.717, 1.165) is 11.4 Å². The minimum atomic E-state index is -0.974. The lowest BCUT2D eigenvalue weighted by atomic mass is 10.0. The SMILES string of the molecule is COc1ccc(NC(C)(C#N)C(OC)OC)cc1. The number of benzene rings is 1. The summed E-state index contributed by atoms with van der Waals surface area (Å²) in [6.45, 7) is 1.72. The highest BCUT2D eigenvalue weighted by Gasteiger charge is 2.35. The van der Waals surface area contributed by atoms with Gasteiger partial charge in [0.15, 0.2) is 11.8 Å². The largest absolute Gasteiger partial charge is 0.497 e. The molecule has 5 nitrogen and oxygen atoms in total. The van der Waals surface area contributed by atoms with Crippen LogP contribution < -0.4 is 10.1 Å². The first-order valence-electron chi connectivity index (χ1n) is 5.48. The van der Waals surface area contributed by atoms with Crippen LogP contribution in [-0.4, -0.2) is 33.2 Å². The normalized spacial score (nSPS) is 13.8. The number of hydrogen-bond donors (Lipinski definition) is 1. The average Bonchev–Trinajstić information content (AvgIpc) is 2.41. The summed E-state index contributed by atoms with van der Waals surface area (Å²) >= 11 is 0. The molecule has 0 aromatic heterocycles. The Kier molecular flexibility index (Phi) is 4.95. The summed E-state index contributed by atoms with van der Waals surface area (Å²) in [4.78, 5) is 0. The van der Waals surface area contributed by atoms with E-state index in [4.69, 9.17) is 14.2 Å². The fraction of sp³-hybridized carbons (Fsp3) is 0.462. The van der Waals surface area contributed by atoms with Crippen molar-refractivity contribution in [2.75, 3.05) is 26.6 Å². The Hall–Kier alpha value is -1.77. The molecule has 0 heterocycles. The molecule has 1 rings (SSSR count). The van der Waals surface area contributed by atoms with Crippen LogP contribution in [0, 0.1) is 11.3 Å². The lowest BCUT2D eigenvalue weighted by molar-refractivity contribution is -0.124. The van der Waals surface area contributed by atoms with Crippen molar-refractivity contribution >= 4 is 5.69 Å². The van der Waals surface area contributed by atoms with E-state index < -0.39 is 11.8 Å². The van der Waals surface area contributed by atoms with Gasteiger partial charge in [-0.3, -0.25) is 0 Å². The summed E-state index contributed by atoms with van der Waals surface area (Å²) in [5.74, 6) is 0.759. The number of nitrogens with zero attached hydrogens (tertiary/aromatic N) is 1. The first-order valence-corrected chi connectivity index (χ1v) is 5.48. The van der Waals surface area contributed by atoms with Gasteiger partial charge in [0.1, 0.15) is 5.75 Å². The molecule has 1 aromatic rings. The fourth-order valence-electron chi connectivity index (χ4n) is 1.68. The average molecular weight is 250 g/mol. The molecule has 5 heteroatoms. The Balaban J connectivity index is 2.88. The zero-order valence-corrected chi connectivity index (χ0v) is 11.1. The van der Waals surface area contributed by atoms with Crippen LogP contribution in [0.15, 0.2) is 24.3 Å². The molecule has 0 aliphatic rings. The molecule has 1 N–H and O–H groups in total. The van der Waals surface area contributed by atoms with Crippen LogP contribution in [0.3, 0.4) is 0 Å². The van der Waals surface area contributed by atoms with Gasteiger partial charge in [-0.1, -0.05) is 0 Å². The Bertz CT molecular complexity index is 409. The summed E-state index contributed by atoms with van der Waals surface area (Å²) in [5, 5.41) is 12.4. The van der Waals surface area contributed by atoms with Crippen molar-refractivity contribution in [1.82, 2.24) is 0 Å². The van der Waals surface area contributed by atoms with Crippen molar-refractivity contribution in [3.63, 3.8) is 0 Å². The molecule has 0 fully saturated rings. The molecule has 0 saturated heterocycles. The molecule has 0 aliphatic heterocycles. The van der Waals surface area contributed by atoms with Crippen molar-refractivity contribution in [1.29, 1.82) is 5.26 Å². The van der Waals surface area contributed by atoms with Crippen LogP contribution in [-0.2, 0) is 9.47 Å². The van der Waals surface area contributed by atoms with Crippen LogP contribution >= 0.6 is 0 Å². The number of methoxy groups -OCH3 is 3. The Morgan fingerprint density at radius 1 is 1.17 bits per heavy atom. The molecule has 0 bridgehead atoms. The lowest BCUT2D eigenvalue weighted by Crippen LogP contribution is -2.47. The zero-order valence-electron chi connectivity index (χ0n) is 11.1. The van der Waals surface area contributed by atoms with Crippen molar-refractivity contribution in [2.45, 2.75) is 18.8 Å². The van der Waals surface area contributed by atoms with Gasteiger partial charge in [-0.2, -0.15) is 5.26 Å². The van der Waals surface area contributed by atoms with Gasteiger partial charge in [-0.15, -0.1) is 0 Å². The molecule has 98 valence electrons. The maximum atomic E-state index is 9.28. The molecule has 1 aromatic carbocycles. The third-order valence-electron chi connectivity index (χ3n) is 2.63. The predicted molar refractivity (Wildman–Crippen MR) is 68.4 cm³/mol. The minimum Gasteiger partial charge on any atom is -0.497 e. The molecule has 0 amide bonds. The topological polar surface area (TPSA) is 63.5 Å². The molecule has 0 aliphatic carbocycles. The number of ether oxygens (including phenoxy) is 3. The summed E-state index contributed by atoms with van der Waals surface area (Å²) < 4.78 is 15.4. The summed E-state index contributed by atoms with van der Waals surface area (Å²) in [6.07, 6.45) is -0.662. The second-order valence-electron chi connectivity index (χ2n) is 3.97. The number of rotatable bonds is 6. The Morgan fingerprint density at radius 3 is 2.11 bits per heavy atom. The molecule has 1 unspecified atom stereocenters. The van der Waals surface area contributed by atoms with Gasteiger partial charge in [0.2, 0.25) is 0 Å². The Morgan fingerprint density at radius 2 is 1.72 bits per heavy atom. The minimum absolute atomic E-state index is 0.662. The monoisotopic (exact) mass is 250 g/mol. The van der Waals surface area contributed by atoms with Crippen LogP contribution in [0.4, 0.5) is 5.69 Å². The summed E-state index contributed by atoms with van der Waals surface area (Å²) in [5.41, 5.74) is -0.183. The van der Waals surface area contributed by atoms with Gasteiger partial charge < -0.3 is 19.5 Å². The van der Waals surface area contributed by atoms with E-state index in [0.29, 0.717) is 0 Å². The van der Waals surface area contributed by atoms with Gasteiger partial charge in [-0.05, 0) is 31.2 Å². The van der Waals surface area contributed by atoms with Crippen LogP contribution in [0.25, 0.3) is 0 Å². The van der Waals surface area contributed by atoms with Crippen molar-refractivity contribution < 1.29 is 14.2 Å². The van der Waals surface area contributed by atoms with E-state index in [1.54, 1.807) is 14.0 Å². The highest BCUT2D eigenvalue weighted by Crippen LogP contribution is 2.22. The van der Waals surface area contributed by atoms with Gasteiger partial charge in [0, 0.05) is 19.9 Å². The molecule has 18 heavy (non-hydrogen) atoms. The maximum absolute atomic E-state index is 9.28. The van der Waals surface area contributed by atoms with Crippen molar-refractivity contribution in [3.8, 4) is 11.8 Å². The standard InChI is InChI=1S/C13H18N2O3/c1-13(9-14,12(17-3)18-4)15-10-5-7-11(16-2)8-6-10/h5-8,12,15H,1-4H3. The smallest absolute Gasteiger partial charge is 0.193 e. The number of anilines is 1. The maximum Gasteiger partial charge on any atom is 0.193 e. The van der Waals surface area contributed by atoms with E-state index in [-0.39, 0.29) is 0 Å². The number of nitrogens with one attached hydrogen (secondary N) is 1. The second kappa shape index (κ2) is 6.24. The van der Waals surface area contributed by atoms with Crippen molar-refractivity contribution in [3.05, 3.63) is 24.3 Å².